The molecule has 0 saturated carbocycles. The minimum Gasteiger partial charge on any atom is -0.480 e. The minimum absolute atomic E-state index is 0.253. The van der Waals surface area contributed by atoms with Gasteiger partial charge in [-0.1, -0.05) is 35.9 Å². The standard InChI is InChI=1S/C24H21ClN2O6/c1-11-7-8-14(10-15(11)25)27-21(29)18-19(22(27)30)24(12(2)28,23(31)32)26-20(18)17-9-13-5-3-4-6-16(13)33-17/h3-10,12,18-20,26,28H,1-2H3,(H,31,32). The number of halogens is 1. The summed E-state index contributed by atoms with van der Waals surface area (Å²) >= 11 is 6.22. The van der Waals surface area contributed by atoms with Gasteiger partial charge in [0.05, 0.1) is 29.7 Å². The van der Waals surface area contributed by atoms with Crippen LogP contribution in [0.15, 0.2) is 52.9 Å². The molecule has 0 bridgehead atoms. The number of anilines is 1. The van der Waals surface area contributed by atoms with Gasteiger partial charge >= 0.3 is 5.97 Å². The lowest BCUT2D eigenvalue weighted by atomic mass is 9.77. The normalized spacial score (nSPS) is 27.9. The summed E-state index contributed by atoms with van der Waals surface area (Å²) in [5, 5.41) is 24.8. The molecule has 2 aliphatic heterocycles. The molecular weight excluding hydrogens is 448 g/mol. The molecule has 2 aliphatic rings. The number of imide groups is 1. The molecule has 2 fully saturated rings. The van der Waals surface area contributed by atoms with E-state index in [1.54, 1.807) is 37.3 Å². The van der Waals surface area contributed by atoms with E-state index in [-0.39, 0.29) is 5.69 Å². The first-order valence-electron chi connectivity index (χ1n) is 10.5. The number of amides is 2. The molecule has 0 aliphatic carbocycles. The van der Waals surface area contributed by atoms with E-state index in [4.69, 9.17) is 16.0 Å². The van der Waals surface area contributed by atoms with Crippen LogP contribution in [0.25, 0.3) is 11.0 Å². The number of aliphatic hydroxyl groups is 1. The largest absolute Gasteiger partial charge is 0.480 e. The molecule has 5 unspecified atom stereocenters. The van der Waals surface area contributed by atoms with Gasteiger partial charge in [-0.15, -0.1) is 0 Å². The third-order valence-corrected chi connectivity index (χ3v) is 7.18. The van der Waals surface area contributed by atoms with Crippen molar-refractivity contribution in [3.05, 3.63) is 64.9 Å². The highest BCUT2D eigenvalue weighted by molar-refractivity contribution is 6.32. The number of carbonyl (C=O) groups is 3. The number of nitrogens with one attached hydrogen (secondary N) is 1. The van der Waals surface area contributed by atoms with E-state index in [1.807, 2.05) is 12.1 Å². The Hall–Kier alpha value is -3.20. The predicted octanol–water partition coefficient (Wildman–Crippen LogP) is 3.05. The number of furan rings is 1. The molecule has 2 amide bonds. The first-order chi connectivity index (χ1) is 15.7. The molecule has 5 rings (SSSR count). The topological polar surface area (TPSA) is 120 Å². The predicted molar refractivity (Wildman–Crippen MR) is 120 cm³/mol. The summed E-state index contributed by atoms with van der Waals surface area (Å²) in [6.45, 7) is 3.08. The van der Waals surface area contributed by atoms with Gasteiger partial charge in [-0.2, -0.15) is 0 Å². The highest BCUT2D eigenvalue weighted by Crippen LogP contribution is 2.51. The smallest absolute Gasteiger partial charge is 0.327 e. The van der Waals surface area contributed by atoms with E-state index in [9.17, 15) is 24.6 Å². The number of aryl methyl sites for hydroxylation is 1. The SMILES string of the molecule is Cc1ccc(N2C(=O)C3C(c4cc5ccccc5o4)NC(C(=O)O)(C(C)O)C3C2=O)cc1Cl. The highest BCUT2D eigenvalue weighted by Gasteiger charge is 2.71. The fourth-order valence-corrected chi connectivity index (χ4v) is 5.25. The van der Waals surface area contributed by atoms with Gasteiger partial charge in [-0.3, -0.25) is 19.7 Å². The lowest BCUT2D eigenvalue weighted by Crippen LogP contribution is -2.62. The molecule has 3 heterocycles. The number of carbonyl (C=O) groups excluding carboxylic acids is 2. The van der Waals surface area contributed by atoms with Gasteiger partial charge in [0.15, 0.2) is 5.54 Å². The van der Waals surface area contributed by atoms with Crippen LogP contribution in [-0.4, -0.2) is 39.6 Å². The maximum Gasteiger partial charge on any atom is 0.327 e. The summed E-state index contributed by atoms with van der Waals surface area (Å²) in [5.41, 5.74) is -0.493. The Bertz CT molecular complexity index is 1280. The number of fused-ring (bicyclic) bond motifs is 2. The molecule has 33 heavy (non-hydrogen) atoms. The number of para-hydroxylation sites is 1. The van der Waals surface area contributed by atoms with Gasteiger partial charge in [0.2, 0.25) is 11.8 Å². The maximum atomic E-state index is 13.6. The molecule has 170 valence electrons. The van der Waals surface area contributed by atoms with Gasteiger partial charge in [-0.05, 0) is 43.7 Å². The molecule has 3 N–H and O–H groups in total. The number of carboxylic acid groups (broad SMARTS) is 1. The first-order valence-corrected chi connectivity index (χ1v) is 10.9. The lowest BCUT2D eigenvalue weighted by molar-refractivity contribution is -0.154. The van der Waals surface area contributed by atoms with Crippen molar-refractivity contribution in [3.63, 3.8) is 0 Å². The van der Waals surface area contributed by atoms with Crippen LogP contribution in [0.2, 0.25) is 5.02 Å². The van der Waals surface area contributed by atoms with Crippen molar-refractivity contribution in [1.29, 1.82) is 0 Å². The van der Waals surface area contributed by atoms with Crippen molar-refractivity contribution < 1.29 is 29.0 Å². The number of rotatable bonds is 4. The summed E-state index contributed by atoms with van der Waals surface area (Å²) < 4.78 is 5.93. The Labute approximate surface area is 193 Å². The Kier molecular flexibility index (Phi) is 4.86. The Morgan fingerprint density at radius 3 is 2.55 bits per heavy atom. The van der Waals surface area contributed by atoms with Crippen molar-refractivity contribution in [2.75, 3.05) is 4.90 Å². The van der Waals surface area contributed by atoms with Gasteiger partial charge in [-0.25, -0.2) is 4.90 Å². The van der Waals surface area contributed by atoms with Crippen molar-refractivity contribution >= 4 is 46.0 Å². The van der Waals surface area contributed by atoms with E-state index >= 15 is 0 Å². The number of aliphatic carboxylic acids is 1. The Balaban J connectivity index is 1.68. The van der Waals surface area contributed by atoms with E-state index in [0.29, 0.717) is 16.4 Å². The second-order valence-corrected chi connectivity index (χ2v) is 9.01. The first kappa shape index (κ1) is 21.6. The van der Waals surface area contributed by atoms with Crippen LogP contribution < -0.4 is 10.2 Å². The number of hydrogen-bond acceptors (Lipinski definition) is 6. The molecule has 3 aromatic rings. The molecule has 9 heteroatoms. The molecule has 8 nitrogen and oxygen atoms in total. The van der Waals surface area contributed by atoms with Crippen molar-refractivity contribution in [3.8, 4) is 0 Å². The van der Waals surface area contributed by atoms with Crippen molar-refractivity contribution in [2.45, 2.75) is 31.5 Å². The number of aliphatic hydroxyl groups excluding tert-OH is 1. The van der Waals surface area contributed by atoms with Crippen LogP contribution in [0.3, 0.4) is 0 Å². The monoisotopic (exact) mass is 468 g/mol. The number of nitrogens with zero attached hydrogens (tertiary/aromatic N) is 1. The number of benzene rings is 2. The van der Waals surface area contributed by atoms with Crippen molar-refractivity contribution in [1.82, 2.24) is 5.32 Å². The van der Waals surface area contributed by atoms with Crippen LogP contribution in [0, 0.1) is 18.8 Å². The van der Waals surface area contributed by atoms with E-state index in [0.717, 1.165) is 15.8 Å². The fraction of sp³-hybridized carbons (Fsp3) is 0.292. The van der Waals surface area contributed by atoms with Crippen LogP contribution in [0.5, 0.6) is 0 Å². The Morgan fingerprint density at radius 1 is 1.18 bits per heavy atom. The summed E-state index contributed by atoms with van der Waals surface area (Å²) in [7, 11) is 0. The average molecular weight is 469 g/mol. The summed E-state index contributed by atoms with van der Waals surface area (Å²) in [5.74, 6) is -4.83. The second-order valence-electron chi connectivity index (χ2n) is 8.61. The van der Waals surface area contributed by atoms with Gasteiger partial charge in [0.1, 0.15) is 11.3 Å². The fourth-order valence-electron chi connectivity index (χ4n) is 5.08. The molecule has 0 spiro atoms. The maximum absolute atomic E-state index is 13.6. The molecule has 5 atom stereocenters. The van der Waals surface area contributed by atoms with Gasteiger partial charge in [0.25, 0.3) is 0 Å². The molecule has 1 aromatic heterocycles. The molecule has 2 saturated heterocycles. The zero-order valence-corrected chi connectivity index (χ0v) is 18.5. The quantitative estimate of drug-likeness (QED) is 0.503. The van der Waals surface area contributed by atoms with Crippen LogP contribution in [-0.2, 0) is 14.4 Å². The second kappa shape index (κ2) is 7.41. The molecule has 0 radical (unpaired) electrons. The third kappa shape index (κ3) is 2.95. The van der Waals surface area contributed by atoms with E-state index in [2.05, 4.69) is 5.32 Å². The van der Waals surface area contributed by atoms with Gasteiger partial charge in [0, 0.05) is 10.4 Å². The van der Waals surface area contributed by atoms with E-state index in [1.165, 1.54) is 13.0 Å². The highest BCUT2D eigenvalue weighted by atomic mass is 35.5. The third-order valence-electron chi connectivity index (χ3n) is 6.77. The average Bonchev–Trinajstić information content (AvgIpc) is 3.42. The zero-order valence-electron chi connectivity index (χ0n) is 17.8. The lowest BCUT2D eigenvalue weighted by Gasteiger charge is -2.33. The van der Waals surface area contributed by atoms with Crippen molar-refractivity contribution in [2.24, 2.45) is 11.8 Å². The van der Waals surface area contributed by atoms with Crippen LogP contribution in [0.4, 0.5) is 5.69 Å². The Morgan fingerprint density at radius 2 is 1.91 bits per heavy atom. The molecular formula is C24H21ClN2O6. The zero-order chi connectivity index (χ0) is 23.7. The number of hydrogen-bond donors (Lipinski definition) is 3. The summed E-state index contributed by atoms with van der Waals surface area (Å²) in [6.07, 6.45) is -1.48. The molecule has 2 aromatic carbocycles. The number of carboxylic acids is 1. The summed E-state index contributed by atoms with van der Waals surface area (Å²) in [4.78, 5) is 40.7. The minimum atomic E-state index is -2.08. The van der Waals surface area contributed by atoms with Crippen LogP contribution >= 0.6 is 11.6 Å². The van der Waals surface area contributed by atoms with Crippen LogP contribution in [0.1, 0.15) is 24.3 Å². The van der Waals surface area contributed by atoms with Gasteiger partial charge < -0.3 is 14.6 Å². The summed E-state index contributed by atoms with van der Waals surface area (Å²) in [6, 6.07) is 12.8. The van der Waals surface area contributed by atoms with E-state index < -0.39 is 47.3 Å².